The second-order valence-electron chi connectivity index (χ2n) is 7.44. The Morgan fingerprint density at radius 3 is 2.33 bits per heavy atom. The van der Waals surface area contributed by atoms with Crippen LogP contribution in [-0.4, -0.2) is 42.9 Å². The first-order chi connectivity index (χ1) is 12.9. The van der Waals surface area contributed by atoms with Crippen molar-refractivity contribution >= 4 is 21.6 Å². The van der Waals surface area contributed by atoms with Gasteiger partial charge in [0.05, 0.1) is 23.6 Å². The Hall–Kier alpha value is -2.34. The van der Waals surface area contributed by atoms with Crippen LogP contribution in [0.15, 0.2) is 48.5 Å². The normalized spacial score (nSPS) is 23.7. The summed E-state index contributed by atoms with van der Waals surface area (Å²) in [6, 6.07) is 15.1. The number of amides is 2. The molecule has 0 aromatic heterocycles. The zero-order valence-corrected chi connectivity index (χ0v) is 16.4. The molecule has 2 aromatic carbocycles. The summed E-state index contributed by atoms with van der Waals surface area (Å²) < 4.78 is 24.7. The molecule has 2 amide bonds. The van der Waals surface area contributed by atoms with Gasteiger partial charge in [-0.25, -0.2) is 13.2 Å². The van der Waals surface area contributed by atoms with Crippen molar-refractivity contribution in [3.63, 3.8) is 0 Å². The van der Waals surface area contributed by atoms with Crippen molar-refractivity contribution in [2.75, 3.05) is 16.4 Å². The van der Waals surface area contributed by atoms with Crippen LogP contribution in [0.25, 0.3) is 0 Å². The smallest absolute Gasteiger partial charge is 0.314 e. The van der Waals surface area contributed by atoms with Crippen molar-refractivity contribution in [3.05, 3.63) is 65.2 Å². The van der Waals surface area contributed by atoms with Crippen molar-refractivity contribution < 1.29 is 13.2 Å². The number of rotatable bonds is 4. The Morgan fingerprint density at radius 1 is 1.00 bits per heavy atom. The number of aryl methyl sites for hydroxylation is 2. The fourth-order valence-electron chi connectivity index (χ4n) is 4.13. The molecule has 0 saturated carbocycles. The zero-order valence-electron chi connectivity index (χ0n) is 15.6. The predicted molar refractivity (Wildman–Crippen MR) is 107 cm³/mol. The number of anilines is 1. The van der Waals surface area contributed by atoms with Gasteiger partial charge in [0, 0.05) is 12.2 Å². The van der Waals surface area contributed by atoms with E-state index in [9.17, 15) is 13.2 Å². The highest BCUT2D eigenvalue weighted by Gasteiger charge is 2.53. The van der Waals surface area contributed by atoms with Gasteiger partial charge in [0.25, 0.3) is 0 Å². The second kappa shape index (κ2) is 6.68. The zero-order chi connectivity index (χ0) is 19.2. The molecule has 2 saturated heterocycles. The first-order valence-electron chi connectivity index (χ1n) is 9.33. The number of benzene rings is 2. The van der Waals surface area contributed by atoms with Gasteiger partial charge in [0.15, 0.2) is 9.84 Å². The lowest BCUT2D eigenvalue weighted by Gasteiger charge is -2.23. The van der Waals surface area contributed by atoms with E-state index in [1.165, 1.54) is 5.56 Å². The van der Waals surface area contributed by atoms with Crippen LogP contribution in [0.1, 0.15) is 23.6 Å². The number of urea groups is 1. The Labute approximate surface area is 160 Å². The van der Waals surface area contributed by atoms with Gasteiger partial charge in [-0.05, 0) is 42.2 Å². The SMILES string of the molecule is CCc1ccc(N2C(=O)N(Cc3ccccc3C)[C@@H]3CS(=O)(=O)C[C@H]32)cc1. The maximum Gasteiger partial charge on any atom is 0.325 e. The van der Waals surface area contributed by atoms with Gasteiger partial charge >= 0.3 is 6.03 Å². The quantitative estimate of drug-likeness (QED) is 0.761. The molecule has 5 nitrogen and oxygen atoms in total. The molecule has 2 aliphatic heterocycles. The maximum absolute atomic E-state index is 13.3. The average Bonchev–Trinajstić information content (AvgIpc) is 3.07. The molecule has 2 heterocycles. The van der Waals surface area contributed by atoms with Crippen molar-refractivity contribution in [1.29, 1.82) is 0 Å². The van der Waals surface area contributed by atoms with Crippen molar-refractivity contribution in [2.24, 2.45) is 0 Å². The molecule has 2 aromatic rings. The number of fused-ring (bicyclic) bond motifs is 1. The van der Waals surface area contributed by atoms with Gasteiger partial charge in [0.2, 0.25) is 0 Å². The summed E-state index contributed by atoms with van der Waals surface area (Å²) >= 11 is 0. The number of sulfone groups is 1. The highest BCUT2D eigenvalue weighted by molar-refractivity contribution is 7.91. The predicted octanol–water partition coefficient (Wildman–Crippen LogP) is 3.17. The lowest BCUT2D eigenvalue weighted by Crippen LogP contribution is -2.37. The summed E-state index contributed by atoms with van der Waals surface area (Å²) in [6.07, 6.45) is 0.925. The molecule has 0 bridgehead atoms. The standard InChI is InChI=1S/C21H24N2O3S/c1-3-16-8-10-18(11-9-16)23-20-14-27(25,26)13-19(20)22(21(23)24)12-17-7-5-4-6-15(17)2/h4-11,19-20H,3,12-14H2,1-2H3/t19-,20-/m1/s1. The second-order valence-corrected chi connectivity index (χ2v) is 9.59. The Kier molecular flexibility index (Phi) is 4.46. The molecule has 0 spiro atoms. The van der Waals surface area contributed by atoms with Gasteiger partial charge < -0.3 is 4.90 Å². The molecular weight excluding hydrogens is 360 g/mol. The van der Waals surface area contributed by atoms with Crippen molar-refractivity contribution in [2.45, 2.75) is 38.9 Å². The Bertz CT molecular complexity index is 969. The molecule has 0 radical (unpaired) electrons. The molecule has 2 fully saturated rings. The molecule has 0 N–H and O–H groups in total. The van der Waals surface area contributed by atoms with E-state index in [1.54, 1.807) is 9.80 Å². The molecule has 142 valence electrons. The van der Waals surface area contributed by atoms with E-state index < -0.39 is 9.84 Å². The van der Waals surface area contributed by atoms with Gasteiger partial charge in [-0.15, -0.1) is 0 Å². The van der Waals surface area contributed by atoms with E-state index in [2.05, 4.69) is 6.92 Å². The van der Waals surface area contributed by atoms with Gasteiger partial charge in [-0.1, -0.05) is 43.3 Å². The van der Waals surface area contributed by atoms with Gasteiger partial charge in [0.1, 0.15) is 0 Å². The minimum absolute atomic E-state index is 0.0310. The summed E-state index contributed by atoms with van der Waals surface area (Å²) in [7, 11) is -3.15. The third-order valence-corrected chi connectivity index (χ3v) is 7.40. The summed E-state index contributed by atoms with van der Waals surface area (Å²) in [5, 5.41) is 0. The van der Waals surface area contributed by atoms with Crippen LogP contribution in [0.2, 0.25) is 0 Å². The number of carbonyl (C=O) groups excluding carboxylic acids is 1. The van der Waals surface area contributed by atoms with E-state index >= 15 is 0 Å². The summed E-state index contributed by atoms with van der Waals surface area (Å²) in [5.74, 6) is 0.0715. The highest BCUT2D eigenvalue weighted by atomic mass is 32.2. The van der Waals surface area contributed by atoms with E-state index in [1.807, 2.05) is 55.5 Å². The maximum atomic E-state index is 13.3. The first-order valence-corrected chi connectivity index (χ1v) is 11.2. The summed E-state index contributed by atoms with van der Waals surface area (Å²) in [6.45, 7) is 4.53. The van der Waals surface area contributed by atoms with Gasteiger partial charge in [-0.3, -0.25) is 4.90 Å². The Balaban J connectivity index is 1.70. The largest absolute Gasteiger partial charge is 0.325 e. The molecular formula is C21H24N2O3S. The molecule has 2 atom stereocenters. The monoisotopic (exact) mass is 384 g/mol. The minimum Gasteiger partial charge on any atom is -0.314 e. The molecule has 2 aliphatic rings. The van der Waals surface area contributed by atoms with Crippen LogP contribution in [0.3, 0.4) is 0 Å². The fraction of sp³-hybridized carbons (Fsp3) is 0.381. The average molecular weight is 385 g/mol. The lowest BCUT2D eigenvalue weighted by molar-refractivity contribution is 0.205. The summed E-state index contributed by atoms with van der Waals surface area (Å²) in [4.78, 5) is 16.7. The fourth-order valence-corrected chi connectivity index (χ4v) is 6.08. The minimum atomic E-state index is -3.15. The number of hydrogen-bond donors (Lipinski definition) is 0. The van der Waals surface area contributed by atoms with Crippen molar-refractivity contribution in [1.82, 2.24) is 4.90 Å². The third-order valence-electron chi connectivity index (χ3n) is 5.70. The topological polar surface area (TPSA) is 57.7 Å². The lowest BCUT2D eigenvalue weighted by atomic mass is 10.1. The molecule has 0 aliphatic carbocycles. The molecule has 4 rings (SSSR count). The number of hydrogen-bond acceptors (Lipinski definition) is 3. The number of nitrogens with zero attached hydrogens (tertiary/aromatic N) is 2. The first kappa shape index (κ1) is 18.0. The van der Waals surface area contributed by atoms with E-state index in [-0.39, 0.29) is 29.6 Å². The van der Waals surface area contributed by atoms with E-state index in [4.69, 9.17) is 0 Å². The molecule has 6 heteroatoms. The Morgan fingerprint density at radius 2 is 1.67 bits per heavy atom. The van der Waals surface area contributed by atoms with Crippen LogP contribution in [-0.2, 0) is 22.8 Å². The molecule has 27 heavy (non-hydrogen) atoms. The third kappa shape index (κ3) is 3.23. The van der Waals surface area contributed by atoms with Crippen molar-refractivity contribution in [3.8, 4) is 0 Å². The van der Waals surface area contributed by atoms with Crippen LogP contribution in [0, 0.1) is 6.92 Å². The number of carbonyl (C=O) groups is 1. The molecule has 0 unspecified atom stereocenters. The van der Waals surface area contributed by atoms with Crippen LogP contribution in [0.5, 0.6) is 0 Å². The van der Waals surface area contributed by atoms with Crippen LogP contribution >= 0.6 is 0 Å². The summed E-state index contributed by atoms with van der Waals surface area (Å²) in [5.41, 5.74) is 4.12. The highest BCUT2D eigenvalue weighted by Crippen LogP contribution is 2.36. The van der Waals surface area contributed by atoms with E-state index in [0.717, 1.165) is 23.2 Å². The van der Waals surface area contributed by atoms with Gasteiger partial charge in [-0.2, -0.15) is 0 Å². The van der Waals surface area contributed by atoms with E-state index in [0.29, 0.717) is 6.54 Å². The van der Waals surface area contributed by atoms with Crippen LogP contribution < -0.4 is 4.90 Å². The van der Waals surface area contributed by atoms with Crippen LogP contribution in [0.4, 0.5) is 10.5 Å².